The molecule has 7 heteroatoms. The van der Waals surface area contributed by atoms with Crippen molar-refractivity contribution in [3.63, 3.8) is 0 Å². The van der Waals surface area contributed by atoms with Crippen LogP contribution in [0.2, 0.25) is 0 Å². The first kappa shape index (κ1) is 17.7. The SMILES string of the molecule is COc1cc(Br)cc(C2C(c3ccccn3)N=C3SC(C)CN32)c1OC. The summed E-state index contributed by atoms with van der Waals surface area (Å²) in [7, 11) is 3.35. The summed E-state index contributed by atoms with van der Waals surface area (Å²) < 4.78 is 12.3. The minimum Gasteiger partial charge on any atom is -0.493 e. The predicted molar refractivity (Wildman–Crippen MR) is 108 cm³/mol. The van der Waals surface area contributed by atoms with Crippen LogP contribution in [0.3, 0.4) is 0 Å². The van der Waals surface area contributed by atoms with E-state index in [9.17, 15) is 0 Å². The van der Waals surface area contributed by atoms with Crippen LogP contribution >= 0.6 is 27.7 Å². The Labute approximate surface area is 165 Å². The molecule has 3 unspecified atom stereocenters. The topological polar surface area (TPSA) is 47.0 Å². The van der Waals surface area contributed by atoms with Gasteiger partial charge in [-0.1, -0.05) is 40.7 Å². The van der Waals surface area contributed by atoms with Gasteiger partial charge in [0.05, 0.1) is 26.0 Å². The van der Waals surface area contributed by atoms with Crippen LogP contribution < -0.4 is 9.47 Å². The molecule has 2 aliphatic heterocycles. The molecule has 26 heavy (non-hydrogen) atoms. The highest BCUT2D eigenvalue weighted by Crippen LogP contribution is 2.51. The van der Waals surface area contributed by atoms with Crippen molar-refractivity contribution >= 4 is 32.9 Å². The Morgan fingerprint density at radius 1 is 1.23 bits per heavy atom. The number of methoxy groups -OCH3 is 2. The number of amidine groups is 1. The summed E-state index contributed by atoms with van der Waals surface area (Å²) in [5.41, 5.74) is 2.02. The highest BCUT2D eigenvalue weighted by atomic mass is 79.9. The summed E-state index contributed by atoms with van der Waals surface area (Å²) in [6.45, 7) is 3.19. The zero-order valence-corrected chi connectivity index (χ0v) is 17.3. The average molecular weight is 434 g/mol. The lowest BCUT2D eigenvalue weighted by molar-refractivity contribution is 0.298. The molecule has 0 saturated carbocycles. The zero-order chi connectivity index (χ0) is 18.3. The molecule has 1 fully saturated rings. The molecule has 1 aromatic heterocycles. The smallest absolute Gasteiger partial charge is 0.166 e. The Hall–Kier alpha value is -1.73. The van der Waals surface area contributed by atoms with Crippen molar-refractivity contribution in [1.82, 2.24) is 9.88 Å². The summed E-state index contributed by atoms with van der Waals surface area (Å²) in [5, 5.41) is 1.60. The number of aliphatic imine (C=N–C) groups is 1. The Bertz CT molecular complexity index is 846. The van der Waals surface area contributed by atoms with E-state index in [2.05, 4.69) is 38.8 Å². The number of hydrogen-bond donors (Lipinski definition) is 0. The molecule has 3 heterocycles. The zero-order valence-electron chi connectivity index (χ0n) is 14.8. The molecule has 2 aliphatic rings. The third kappa shape index (κ3) is 2.97. The minimum atomic E-state index is -0.0703. The number of aromatic nitrogens is 1. The van der Waals surface area contributed by atoms with E-state index in [4.69, 9.17) is 14.5 Å². The van der Waals surface area contributed by atoms with E-state index in [0.29, 0.717) is 11.0 Å². The number of nitrogens with zero attached hydrogens (tertiary/aromatic N) is 3. The Kier molecular flexibility index (Phi) is 4.84. The molecule has 5 nitrogen and oxygen atoms in total. The fraction of sp³-hybridized carbons (Fsp3) is 0.368. The Morgan fingerprint density at radius 3 is 2.77 bits per heavy atom. The minimum absolute atomic E-state index is 0.0266. The van der Waals surface area contributed by atoms with Crippen molar-refractivity contribution in [3.05, 3.63) is 52.3 Å². The van der Waals surface area contributed by atoms with Gasteiger partial charge in [-0.2, -0.15) is 0 Å². The second-order valence-electron chi connectivity index (χ2n) is 6.37. The molecule has 0 bridgehead atoms. The third-order valence-electron chi connectivity index (χ3n) is 4.67. The number of ether oxygens (including phenoxy) is 2. The first-order valence-electron chi connectivity index (χ1n) is 8.45. The summed E-state index contributed by atoms with van der Waals surface area (Å²) in [6.07, 6.45) is 1.82. The summed E-state index contributed by atoms with van der Waals surface area (Å²) in [6, 6.07) is 9.97. The largest absolute Gasteiger partial charge is 0.493 e. The van der Waals surface area contributed by atoms with Gasteiger partial charge in [-0.05, 0) is 24.3 Å². The number of benzene rings is 1. The molecule has 0 aliphatic carbocycles. The molecule has 3 atom stereocenters. The average Bonchev–Trinajstić information content (AvgIpc) is 3.17. The number of fused-ring (bicyclic) bond motifs is 1. The first-order valence-corrected chi connectivity index (χ1v) is 10.1. The van der Waals surface area contributed by atoms with Gasteiger partial charge in [0, 0.05) is 28.0 Å². The highest BCUT2D eigenvalue weighted by Gasteiger charge is 2.45. The van der Waals surface area contributed by atoms with E-state index in [1.807, 2.05) is 42.2 Å². The van der Waals surface area contributed by atoms with Gasteiger partial charge in [0.2, 0.25) is 0 Å². The van der Waals surface area contributed by atoms with Crippen LogP contribution in [0.1, 0.15) is 30.3 Å². The summed E-state index contributed by atoms with van der Waals surface area (Å²) in [4.78, 5) is 12.0. The summed E-state index contributed by atoms with van der Waals surface area (Å²) >= 11 is 5.44. The van der Waals surface area contributed by atoms with E-state index in [1.54, 1.807) is 14.2 Å². The van der Waals surface area contributed by atoms with E-state index >= 15 is 0 Å². The molecule has 1 aromatic carbocycles. The van der Waals surface area contributed by atoms with Crippen molar-refractivity contribution in [3.8, 4) is 11.5 Å². The lowest BCUT2D eigenvalue weighted by Crippen LogP contribution is -2.29. The van der Waals surface area contributed by atoms with Crippen LogP contribution in [0.4, 0.5) is 0 Å². The highest BCUT2D eigenvalue weighted by molar-refractivity contribution is 9.10. The molecule has 0 radical (unpaired) electrons. The van der Waals surface area contributed by atoms with E-state index in [0.717, 1.165) is 33.2 Å². The number of rotatable bonds is 4. The van der Waals surface area contributed by atoms with E-state index in [1.165, 1.54) is 0 Å². The maximum absolute atomic E-state index is 5.74. The van der Waals surface area contributed by atoms with Crippen molar-refractivity contribution in [2.45, 2.75) is 24.3 Å². The lowest BCUT2D eigenvalue weighted by Gasteiger charge is -2.29. The third-order valence-corrected chi connectivity index (χ3v) is 6.23. The number of pyridine rings is 1. The van der Waals surface area contributed by atoms with Gasteiger partial charge < -0.3 is 14.4 Å². The Morgan fingerprint density at radius 2 is 2.08 bits per heavy atom. The van der Waals surface area contributed by atoms with Crippen molar-refractivity contribution < 1.29 is 9.47 Å². The maximum Gasteiger partial charge on any atom is 0.166 e. The molecule has 1 saturated heterocycles. The monoisotopic (exact) mass is 433 g/mol. The van der Waals surface area contributed by atoms with E-state index < -0.39 is 0 Å². The quantitative estimate of drug-likeness (QED) is 0.712. The molecule has 0 amide bonds. The molecular formula is C19H20BrN3O2S. The maximum atomic E-state index is 5.74. The van der Waals surface area contributed by atoms with Crippen molar-refractivity contribution in [2.24, 2.45) is 4.99 Å². The van der Waals surface area contributed by atoms with Gasteiger partial charge in [-0.15, -0.1) is 0 Å². The molecule has 0 N–H and O–H groups in total. The van der Waals surface area contributed by atoms with Gasteiger partial charge in [0.25, 0.3) is 0 Å². The van der Waals surface area contributed by atoms with Gasteiger partial charge >= 0.3 is 0 Å². The number of hydrogen-bond acceptors (Lipinski definition) is 6. The van der Waals surface area contributed by atoms with Crippen LogP contribution in [-0.4, -0.2) is 41.1 Å². The number of thioether (sulfide) groups is 1. The molecule has 2 aromatic rings. The second-order valence-corrected chi connectivity index (χ2v) is 8.69. The standard InChI is InChI=1S/C19H20BrN3O2S/c1-11-10-23-17(13-8-12(20)9-15(24-2)18(13)25-3)16(22-19(23)26-11)14-6-4-5-7-21-14/h4-9,11,16-17H,10H2,1-3H3. The van der Waals surface area contributed by atoms with Crippen LogP contribution in [0.25, 0.3) is 0 Å². The van der Waals surface area contributed by atoms with Crippen LogP contribution in [0.15, 0.2) is 46.0 Å². The lowest BCUT2D eigenvalue weighted by atomic mass is 9.95. The van der Waals surface area contributed by atoms with Gasteiger partial charge in [-0.25, -0.2) is 0 Å². The molecule has 136 valence electrons. The van der Waals surface area contributed by atoms with Crippen LogP contribution in [0.5, 0.6) is 11.5 Å². The molecular weight excluding hydrogens is 414 g/mol. The first-order chi connectivity index (χ1) is 12.6. The normalized spacial score (nSPS) is 24.4. The fourth-order valence-corrected chi connectivity index (χ4v) is 5.18. The Balaban J connectivity index is 1.86. The van der Waals surface area contributed by atoms with Gasteiger partial charge in [0.15, 0.2) is 16.7 Å². The number of halogens is 1. The predicted octanol–water partition coefficient (Wildman–Crippen LogP) is 4.45. The second kappa shape index (κ2) is 7.12. The van der Waals surface area contributed by atoms with Crippen LogP contribution in [0, 0.1) is 0 Å². The van der Waals surface area contributed by atoms with Gasteiger partial charge in [0.1, 0.15) is 6.04 Å². The summed E-state index contributed by atoms with van der Waals surface area (Å²) in [5.74, 6) is 1.47. The van der Waals surface area contributed by atoms with Crippen molar-refractivity contribution in [1.29, 1.82) is 0 Å². The van der Waals surface area contributed by atoms with Crippen molar-refractivity contribution in [2.75, 3.05) is 20.8 Å². The fourth-order valence-electron chi connectivity index (χ4n) is 3.63. The van der Waals surface area contributed by atoms with Gasteiger partial charge in [-0.3, -0.25) is 9.98 Å². The molecule has 4 rings (SSSR count). The van der Waals surface area contributed by atoms with E-state index in [-0.39, 0.29) is 12.1 Å². The molecule has 0 spiro atoms. The van der Waals surface area contributed by atoms with Crippen LogP contribution in [-0.2, 0) is 0 Å².